The number of hydrogen-bond acceptors (Lipinski definition) is 2. The Morgan fingerprint density at radius 1 is 0.456 bits per heavy atom. The van der Waals surface area contributed by atoms with Crippen molar-refractivity contribution in [1.29, 1.82) is 0 Å². The van der Waals surface area contributed by atoms with Crippen LogP contribution in [0.15, 0.2) is 152 Å². The first-order valence-corrected chi connectivity index (χ1v) is 22.1. The van der Waals surface area contributed by atoms with Crippen LogP contribution in [0.25, 0.3) is 53.6 Å². The van der Waals surface area contributed by atoms with Crippen molar-refractivity contribution in [3.05, 3.63) is 174 Å². The van der Waals surface area contributed by atoms with Crippen molar-refractivity contribution >= 4 is 48.6 Å². The molecule has 0 unspecified atom stereocenters. The van der Waals surface area contributed by atoms with Crippen molar-refractivity contribution in [3.63, 3.8) is 0 Å². The van der Waals surface area contributed by atoms with Gasteiger partial charge in [-0.25, -0.2) is 0 Å². The van der Waals surface area contributed by atoms with Crippen molar-refractivity contribution in [2.24, 2.45) is 23.7 Å². The lowest BCUT2D eigenvalue weighted by Gasteiger charge is -2.61. The predicted octanol–water partition coefficient (Wildman–Crippen LogP) is 15.2. The van der Waals surface area contributed by atoms with E-state index in [2.05, 4.69) is 170 Å². The summed E-state index contributed by atoms with van der Waals surface area (Å²) < 4.78 is 2.65. The van der Waals surface area contributed by atoms with Gasteiger partial charge in [-0.15, -0.1) is 11.3 Å². The predicted molar refractivity (Wildman–Crippen MR) is 240 cm³/mol. The molecule has 14 rings (SSSR count). The third kappa shape index (κ3) is 4.20. The van der Waals surface area contributed by atoms with Crippen molar-refractivity contribution < 1.29 is 0 Å². The SMILES string of the molecule is CC1(C)c2ccccc2-c2cccc(N(c3ccccc3-c3cccc4c3-c3ccccc3C43C4CC5CC(C4)CC3C5)c3cccc4sc5ccccc5c34)c21. The highest BCUT2D eigenvalue weighted by Crippen LogP contribution is 2.70. The first-order chi connectivity index (χ1) is 28.0. The maximum atomic E-state index is 2.65. The highest BCUT2D eigenvalue weighted by Gasteiger charge is 2.61. The van der Waals surface area contributed by atoms with Gasteiger partial charge in [0.25, 0.3) is 0 Å². The molecule has 4 bridgehead atoms. The number of nitrogens with zero attached hydrogens (tertiary/aromatic N) is 1. The van der Waals surface area contributed by atoms with Crippen molar-refractivity contribution in [2.45, 2.75) is 56.8 Å². The Labute approximate surface area is 339 Å². The maximum Gasteiger partial charge on any atom is 0.0555 e. The highest BCUT2D eigenvalue weighted by molar-refractivity contribution is 7.26. The first kappa shape index (κ1) is 32.6. The Bertz CT molecular complexity index is 2950. The molecular formula is C55H45NS. The molecule has 0 amide bonds. The molecule has 0 aliphatic heterocycles. The number of thiophene rings is 1. The number of anilines is 3. The minimum absolute atomic E-state index is 0.126. The number of hydrogen-bond donors (Lipinski definition) is 0. The second kappa shape index (κ2) is 11.6. The topological polar surface area (TPSA) is 3.24 Å². The second-order valence-corrected chi connectivity index (χ2v) is 19.5. The monoisotopic (exact) mass is 751 g/mol. The molecule has 1 aromatic heterocycles. The van der Waals surface area contributed by atoms with Crippen LogP contribution >= 0.6 is 11.3 Å². The highest BCUT2D eigenvalue weighted by atomic mass is 32.1. The van der Waals surface area contributed by atoms with Crippen LogP contribution in [0.5, 0.6) is 0 Å². The van der Waals surface area contributed by atoms with Gasteiger partial charge < -0.3 is 4.90 Å². The van der Waals surface area contributed by atoms with Crippen molar-refractivity contribution in [2.75, 3.05) is 4.90 Å². The molecule has 2 heteroatoms. The summed E-state index contributed by atoms with van der Waals surface area (Å²) >= 11 is 1.90. The zero-order chi connectivity index (χ0) is 37.6. The van der Waals surface area contributed by atoms with Gasteiger partial charge in [0.1, 0.15) is 0 Å². The molecule has 1 heterocycles. The van der Waals surface area contributed by atoms with E-state index in [4.69, 9.17) is 0 Å². The quantitative estimate of drug-likeness (QED) is 0.173. The Morgan fingerprint density at radius 3 is 1.84 bits per heavy atom. The summed E-state index contributed by atoms with van der Waals surface area (Å²) in [5.41, 5.74) is 18.0. The molecule has 276 valence electrons. The number of fused-ring (bicyclic) bond motifs is 9. The lowest BCUT2D eigenvalue weighted by molar-refractivity contribution is -0.0399. The fourth-order valence-electron chi connectivity index (χ4n) is 13.7. The molecule has 1 spiro atoms. The van der Waals surface area contributed by atoms with Gasteiger partial charge in [0.15, 0.2) is 0 Å². The molecule has 1 nitrogen and oxygen atoms in total. The summed E-state index contributed by atoms with van der Waals surface area (Å²) in [7, 11) is 0. The third-order valence-electron chi connectivity index (χ3n) is 15.4. The van der Waals surface area contributed by atoms with Gasteiger partial charge in [-0.3, -0.25) is 0 Å². The van der Waals surface area contributed by atoms with E-state index in [-0.39, 0.29) is 10.8 Å². The number of rotatable bonds is 4. The zero-order valence-electron chi connectivity index (χ0n) is 32.6. The summed E-state index contributed by atoms with van der Waals surface area (Å²) in [6.07, 6.45) is 7.05. The molecule has 0 N–H and O–H groups in total. The molecule has 6 aliphatic carbocycles. The molecule has 0 atom stereocenters. The van der Waals surface area contributed by atoms with E-state index in [1.165, 1.54) is 114 Å². The molecule has 57 heavy (non-hydrogen) atoms. The normalized spacial score (nSPS) is 24.2. The minimum atomic E-state index is -0.181. The zero-order valence-corrected chi connectivity index (χ0v) is 33.5. The van der Waals surface area contributed by atoms with Crippen LogP contribution in [0, 0.1) is 23.7 Å². The van der Waals surface area contributed by atoms with Gasteiger partial charge in [0, 0.05) is 36.6 Å². The molecule has 7 aromatic carbocycles. The maximum absolute atomic E-state index is 2.65. The van der Waals surface area contributed by atoms with Gasteiger partial charge in [0.2, 0.25) is 0 Å². The van der Waals surface area contributed by atoms with E-state index < -0.39 is 0 Å². The van der Waals surface area contributed by atoms with Crippen molar-refractivity contribution in [3.8, 4) is 33.4 Å². The van der Waals surface area contributed by atoms with Gasteiger partial charge in [-0.05, 0) is 136 Å². The van der Waals surface area contributed by atoms with E-state index in [0.29, 0.717) is 0 Å². The Balaban J connectivity index is 1.10. The van der Waals surface area contributed by atoms with E-state index in [1.54, 1.807) is 11.1 Å². The third-order valence-corrected chi connectivity index (χ3v) is 16.6. The van der Waals surface area contributed by atoms with Crippen molar-refractivity contribution in [1.82, 2.24) is 0 Å². The molecule has 0 radical (unpaired) electrons. The van der Waals surface area contributed by atoms with E-state index in [0.717, 1.165) is 23.7 Å². The van der Waals surface area contributed by atoms with Gasteiger partial charge in [-0.2, -0.15) is 0 Å². The van der Waals surface area contributed by atoms with Crippen LogP contribution in [0.1, 0.15) is 68.2 Å². The largest absolute Gasteiger partial charge is 0.309 e. The Morgan fingerprint density at radius 2 is 1.02 bits per heavy atom. The van der Waals surface area contributed by atoms with Gasteiger partial charge in [-0.1, -0.05) is 135 Å². The van der Waals surface area contributed by atoms with Crippen LogP contribution in [-0.2, 0) is 10.8 Å². The summed E-state index contributed by atoms with van der Waals surface area (Å²) in [5.74, 6) is 3.31. The summed E-state index contributed by atoms with van der Waals surface area (Å²) in [4.78, 5) is 2.65. The van der Waals surface area contributed by atoms with Crippen LogP contribution in [0.4, 0.5) is 17.1 Å². The number of benzene rings is 7. The Kier molecular flexibility index (Phi) is 6.63. The Hall–Kier alpha value is -5.44. The van der Waals surface area contributed by atoms with Crippen LogP contribution in [-0.4, -0.2) is 0 Å². The lowest BCUT2D eigenvalue weighted by Crippen LogP contribution is -2.55. The smallest absolute Gasteiger partial charge is 0.0555 e. The fourth-order valence-corrected chi connectivity index (χ4v) is 14.8. The average molecular weight is 752 g/mol. The van der Waals surface area contributed by atoms with Gasteiger partial charge >= 0.3 is 0 Å². The average Bonchev–Trinajstić information content (AvgIpc) is 3.85. The first-order valence-electron chi connectivity index (χ1n) is 21.3. The number of para-hydroxylation sites is 1. The summed E-state index contributed by atoms with van der Waals surface area (Å²) in [6.45, 7) is 4.86. The standard InChI is InChI=1S/C55H45NS/c1-54(2)43-20-7-3-14-37(43)40-19-12-25-48(53(40)54)56(47-24-13-27-50-52(47)42-17-6-10-26-49(42)57-50)46-23-9-5-15-38(46)39-18-11-22-45-51(39)41-16-4-8-21-44(41)55(45)35-29-33-28-34(31-35)32-36(55)30-33/h3-27,33-36H,28-32H2,1-2H3. The summed E-state index contributed by atoms with van der Waals surface area (Å²) in [5, 5.41) is 2.65. The van der Waals surface area contributed by atoms with Crippen LogP contribution < -0.4 is 4.90 Å². The minimum Gasteiger partial charge on any atom is -0.309 e. The van der Waals surface area contributed by atoms with E-state index >= 15 is 0 Å². The fraction of sp³-hybridized carbons (Fsp3) is 0.236. The van der Waals surface area contributed by atoms with Crippen LogP contribution in [0.2, 0.25) is 0 Å². The van der Waals surface area contributed by atoms with Crippen LogP contribution in [0.3, 0.4) is 0 Å². The molecule has 0 saturated heterocycles. The molecule has 4 fully saturated rings. The molecular weight excluding hydrogens is 707 g/mol. The molecule has 8 aromatic rings. The lowest BCUT2D eigenvalue weighted by atomic mass is 9.43. The second-order valence-electron chi connectivity index (χ2n) is 18.4. The van der Waals surface area contributed by atoms with E-state index in [9.17, 15) is 0 Å². The molecule has 6 aliphatic rings. The summed E-state index contributed by atoms with van der Waals surface area (Å²) in [6, 6.07) is 58.4. The molecule has 4 saturated carbocycles. The van der Waals surface area contributed by atoms with Gasteiger partial charge in [0.05, 0.1) is 17.1 Å². The van der Waals surface area contributed by atoms with E-state index in [1.807, 2.05) is 11.3 Å².